The Hall–Kier alpha value is -2.23. The average molecular weight is 376 g/mol. The quantitative estimate of drug-likeness (QED) is 0.643. The number of thiophene rings is 1. The van der Waals surface area contributed by atoms with Crippen molar-refractivity contribution in [1.82, 2.24) is 10.2 Å². The van der Waals surface area contributed by atoms with Crippen molar-refractivity contribution in [3.8, 4) is 0 Å². The summed E-state index contributed by atoms with van der Waals surface area (Å²) in [5, 5.41) is 15.0. The number of hydrogen-bond acceptors (Lipinski definition) is 7. The van der Waals surface area contributed by atoms with Crippen molar-refractivity contribution in [2.24, 2.45) is 0 Å². The summed E-state index contributed by atoms with van der Waals surface area (Å²) in [6, 6.07) is 10.6. The molecular weight excluding hydrogens is 364 g/mol. The molecule has 0 radical (unpaired) electrons. The van der Waals surface area contributed by atoms with Crippen molar-refractivity contribution in [1.29, 1.82) is 0 Å². The van der Waals surface area contributed by atoms with Crippen LogP contribution in [0.25, 0.3) is 0 Å². The molecule has 0 fully saturated rings. The van der Waals surface area contributed by atoms with Gasteiger partial charge in [-0.2, -0.15) is 0 Å². The Bertz CT molecular complexity index is 802. The van der Waals surface area contributed by atoms with Gasteiger partial charge in [0, 0.05) is 11.4 Å². The molecule has 3 rings (SSSR count). The Kier molecular flexibility index (Phi) is 5.57. The molecule has 0 saturated heterocycles. The van der Waals surface area contributed by atoms with Gasteiger partial charge in [-0.15, -0.1) is 21.5 Å². The molecule has 0 unspecified atom stereocenters. The number of carbonyl (C=O) groups is 2. The topological polar surface area (TPSA) is 84.0 Å². The molecule has 1 aromatic carbocycles. The zero-order chi connectivity index (χ0) is 16.8. The highest BCUT2D eigenvalue weighted by Crippen LogP contribution is 2.20. The van der Waals surface area contributed by atoms with Crippen molar-refractivity contribution in [3.05, 3.63) is 52.2 Å². The minimum atomic E-state index is -0.143. The Morgan fingerprint density at radius 1 is 1.04 bits per heavy atom. The van der Waals surface area contributed by atoms with Crippen LogP contribution in [0.5, 0.6) is 0 Å². The van der Waals surface area contributed by atoms with Crippen LogP contribution in [0, 0.1) is 0 Å². The van der Waals surface area contributed by atoms with E-state index in [4.69, 9.17) is 0 Å². The molecule has 24 heavy (non-hydrogen) atoms. The van der Waals surface area contributed by atoms with E-state index in [0.29, 0.717) is 16.3 Å². The SMILES string of the molecule is O=C(CSc1nncs1)Nc1ccc(NC(=O)c2cccs2)cc1. The van der Waals surface area contributed by atoms with E-state index in [2.05, 4.69) is 20.8 Å². The summed E-state index contributed by atoms with van der Waals surface area (Å²) in [6.07, 6.45) is 0. The van der Waals surface area contributed by atoms with Gasteiger partial charge in [-0.05, 0) is 35.7 Å². The van der Waals surface area contributed by atoms with Gasteiger partial charge in [0.15, 0.2) is 4.34 Å². The second-order valence-corrected chi connectivity index (χ2v) is 7.55. The summed E-state index contributed by atoms with van der Waals surface area (Å²) in [7, 11) is 0. The van der Waals surface area contributed by atoms with Gasteiger partial charge in [-0.1, -0.05) is 29.2 Å². The second-order valence-electron chi connectivity index (χ2n) is 4.55. The van der Waals surface area contributed by atoms with Crippen molar-refractivity contribution < 1.29 is 9.59 Å². The van der Waals surface area contributed by atoms with Crippen molar-refractivity contribution >= 4 is 57.6 Å². The van der Waals surface area contributed by atoms with Gasteiger partial charge in [0.05, 0.1) is 10.6 Å². The van der Waals surface area contributed by atoms with Gasteiger partial charge in [0.25, 0.3) is 5.91 Å². The van der Waals surface area contributed by atoms with Gasteiger partial charge in [0.1, 0.15) is 5.51 Å². The molecular formula is C15H12N4O2S3. The minimum Gasteiger partial charge on any atom is -0.325 e. The van der Waals surface area contributed by atoms with Crippen molar-refractivity contribution in [3.63, 3.8) is 0 Å². The maximum absolute atomic E-state index is 12.0. The highest BCUT2D eigenvalue weighted by atomic mass is 32.2. The monoisotopic (exact) mass is 376 g/mol. The van der Waals surface area contributed by atoms with Gasteiger partial charge in [-0.3, -0.25) is 9.59 Å². The number of amides is 2. The van der Waals surface area contributed by atoms with E-state index in [-0.39, 0.29) is 17.6 Å². The summed E-state index contributed by atoms with van der Waals surface area (Å²) in [5.74, 6) is 0.00676. The zero-order valence-corrected chi connectivity index (χ0v) is 14.7. The Morgan fingerprint density at radius 2 is 1.79 bits per heavy atom. The first-order chi connectivity index (χ1) is 11.7. The van der Waals surface area contributed by atoms with E-state index >= 15 is 0 Å². The third-order valence-electron chi connectivity index (χ3n) is 2.84. The van der Waals surface area contributed by atoms with Gasteiger partial charge < -0.3 is 10.6 Å². The lowest BCUT2D eigenvalue weighted by Gasteiger charge is -2.07. The van der Waals surface area contributed by atoms with Gasteiger partial charge >= 0.3 is 0 Å². The third-order valence-corrected chi connectivity index (χ3v) is 5.57. The predicted octanol–water partition coefficient (Wildman–Crippen LogP) is 3.58. The van der Waals surface area contributed by atoms with Crippen LogP contribution >= 0.6 is 34.4 Å². The molecule has 0 atom stereocenters. The summed E-state index contributed by atoms with van der Waals surface area (Å²) < 4.78 is 0.761. The summed E-state index contributed by atoms with van der Waals surface area (Å²) >= 11 is 4.13. The number of aromatic nitrogens is 2. The van der Waals surface area contributed by atoms with Crippen LogP contribution in [0.3, 0.4) is 0 Å². The van der Waals surface area contributed by atoms with Crippen LogP contribution in [0.1, 0.15) is 9.67 Å². The van der Waals surface area contributed by atoms with Gasteiger partial charge in [-0.25, -0.2) is 0 Å². The molecule has 2 aromatic heterocycles. The standard InChI is InChI=1S/C15H12N4O2S3/c20-13(8-23-15-19-16-9-24-15)17-10-3-5-11(6-4-10)18-14(21)12-2-1-7-22-12/h1-7,9H,8H2,(H,17,20)(H,18,21). The first-order valence-electron chi connectivity index (χ1n) is 6.84. The number of nitrogens with one attached hydrogen (secondary N) is 2. The van der Waals surface area contributed by atoms with Crippen LogP contribution in [0.4, 0.5) is 11.4 Å². The number of rotatable bonds is 6. The molecule has 0 aliphatic carbocycles. The number of benzene rings is 1. The number of carbonyl (C=O) groups excluding carboxylic acids is 2. The number of anilines is 2. The molecule has 6 nitrogen and oxygen atoms in total. The van der Waals surface area contributed by atoms with Crippen LogP contribution < -0.4 is 10.6 Å². The lowest BCUT2D eigenvalue weighted by Crippen LogP contribution is -2.14. The molecule has 2 amide bonds. The van der Waals surface area contributed by atoms with Crippen molar-refractivity contribution in [2.75, 3.05) is 16.4 Å². The van der Waals surface area contributed by atoms with E-state index in [9.17, 15) is 9.59 Å². The van der Waals surface area contributed by atoms with E-state index in [1.165, 1.54) is 34.4 Å². The van der Waals surface area contributed by atoms with Crippen LogP contribution in [0.15, 0.2) is 51.6 Å². The Labute approximate surface area is 150 Å². The molecule has 0 bridgehead atoms. The molecule has 2 N–H and O–H groups in total. The molecule has 122 valence electrons. The molecule has 3 aromatic rings. The number of thioether (sulfide) groups is 1. The molecule has 0 saturated carbocycles. The van der Waals surface area contributed by atoms with E-state index in [1.54, 1.807) is 35.8 Å². The first kappa shape index (κ1) is 16.6. The van der Waals surface area contributed by atoms with Crippen LogP contribution in [-0.4, -0.2) is 27.8 Å². The number of hydrogen-bond donors (Lipinski definition) is 2. The highest BCUT2D eigenvalue weighted by molar-refractivity contribution is 8.01. The molecule has 2 heterocycles. The molecule has 0 spiro atoms. The third kappa shape index (κ3) is 4.63. The van der Waals surface area contributed by atoms with E-state index in [0.717, 1.165) is 4.34 Å². The Morgan fingerprint density at radius 3 is 2.42 bits per heavy atom. The van der Waals surface area contributed by atoms with E-state index < -0.39 is 0 Å². The van der Waals surface area contributed by atoms with Crippen LogP contribution in [0.2, 0.25) is 0 Å². The maximum Gasteiger partial charge on any atom is 0.265 e. The fraction of sp³-hybridized carbons (Fsp3) is 0.0667. The minimum absolute atomic E-state index is 0.120. The largest absolute Gasteiger partial charge is 0.325 e. The summed E-state index contributed by atoms with van der Waals surface area (Å²) in [6.45, 7) is 0. The first-order valence-corrected chi connectivity index (χ1v) is 9.59. The second kappa shape index (κ2) is 8.04. The fourth-order valence-corrected chi connectivity index (χ4v) is 3.69. The molecule has 9 heteroatoms. The predicted molar refractivity (Wildman–Crippen MR) is 98.0 cm³/mol. The Balaban J connectivity index is 1.50. The smallest absolute Gasteiger partial charge is 0.265 e. The summed E-state index contributed by atoms with van der Waals surface area (Å²) in [5.41, 5.74) is 2.98. The zero-order valence-electron chi connectivity index (χ0n) is 12.3. The highest BCUT2D eigenvalue weighted by Gasteiger charge is 2.08. The van der Waals surface area contributed by atoms with E-state index in [1.807, 2.05) is 11.4 Å². The summed E-state index contributed by atoms with van der Waals surface area (Å²) in [4.78, 5) is 24.5. The van der Waals surface area contributed by atoms with Crippen LogP contribution in [-0.2, 0) is 4.79 Å². The average Bonchev–Trinajstić information content (AvgIpc) is 3.28. The normalized spacial score (nSPS) is 10.3. The maximum atomic E-state index is 12.0. The molecule has 0 aliphatic rings. The molecule has 0 aliphatic heterocycles. The fourth-order valence-electron chi connectivity index (χ4n) is 1.79. The lowest BCUT2D eigenvalue weighted by atomic mass is 10.2. The van der Waals surface area contributed by atoms with Gasteiger partial charge in [0.2, 0.25) is 5.91 Å². The van der Waals surface area contributed by atoms with Crippen molar-refractivity contribution in [2.45, 2.75) is 4.34 Å². The lowest BCUT2D eigenvalue weighted by molar-refractivity contribution is -0.113. The number of nitrogens with zero attached hydrogens (tertiary/aromatic N) is 2.